The van der Waals surface area contributed by atoms with Gasteiger partial charge in [-0.25, -0.2) is 13.1 Å². The molecule has 0 saturated carbocycles. The van der Waals surface area contributed by atoms with Crippen molar-refractivity contribution in [3.05, 3.63) is 23.8 Å². The van der Waals surface area contributed by atoms with Crippen LogP contribution in [0.2, 0.25) is 0 Å². The van der Waals surface area contributed by atoms with E-state index in [0.29, 0.717) is 0 Å². The Hall–Kier alpha value is -1.60. The SMILES string of the molecule is CC(=O)NCCNS(=O)(=O)c1ccc(C)cc1N. The van der Waals surface area contributed by atoms with E-state index >= 15 is 0 Å². The van der Waals surface area contributed by atoms with Crippen molar-refractivity contribution in [3.63, 3.8) is 0 Å². The van der Waals surface area contributed by atoms with Gasteiger partial charge in [0.25, 0.3) is 0 Å². The molecule has 4 N–H and O–H groups in total. The van der Waals surface area contributed by atoms with Gasteiger partial charge in [0.15, 0.2) is 0 Å². The van der Waals surface area contributed by atoms with Crippen LogP contribution in [-0.2, 0) is 14.8 Å². The van der Waals surface area contributed by atoms with E-state index in [9.17, 15) is 13.2 Å². The lowest BCUT2D eigenvalue weighted by molar-refractivity contribution is -0.118. The van der Waals surface area contributed by atoms with Crippen molar-refractivity contribution in [2.75, 3.05) is 18.8 Å². The van der Waals surface area contributed by atoms with Crippen LogP contribution in [-0.4, -0.2) is 27.4 Å². The standard InChI is InChI=1S/C11H17N3O3S/c1-8-3-4-11(10(12)7-8)18(16,17)14-6-5-13-9(2)15/h3-4,7,14H,5-6,12H2,1-2H3,(H,13,15). The van der Waals surface area contributed by atoms with E-state index in [2.05, 4.69) is 10.0 Å². The Labute approximate surface area is 107 Å². The third-order valence-corrected chi connectivity index (χ3v) is 3.78. The second kappa shape index (κ2) is 5.83. The lowest BCUT2D eigenvalue weighted by Gasteiger charge is -2.09. The van der Waals surface area contributed by atoms with Crippen LogP contribution in [0.25, 0.3) is 0 Å². The lowest BCUT2D eigenvalue weighted by atomic mass is 10.2. The zero-order valence-electron chi connectivity index (χ0n) is 10.4. The molecule has 0 fully saturated rings. The summed E-state index contributed by atoms with van der Waals surface area (Å²) in [5, 5.41) is 2.50. The van der Waals surface area contributed by atoms with Crippen LogP contribution in [0.1, 0.15) is 12.5 Å². The summed E-state index contributed by atoms with van der Waals surface area (Å²) >= 11 is 0. The molecule has 0 atom stereocenters. The average Bonchev–Trinajstić information content (AvgIpc) is 2.23. The fraction of sp³-hybridized carbons (Fsp3) is 0.364. The summed E-state index contributed by atoms with van der Waals surface area (Å²) in [6, 6.07) is 4.74. The first-order chi connectivity index (χ1) is 8.33. The number of carbonyl (C=O) groups excluding carboxylic acids is 1. The summed E-state index contributed by atoms with van der Waals surface area (Å²) < 4.78 is 26.2. The average molecular weight is 271 g/mol. The van der Waals surface area contributed by atoms with Crippen LogP contribution < -0.4 is 15.8 Å². The van der Waals surface area contributed by atoms with Crippen LogP contribution in [0.3, 0.4) is 0 Å². The van der Waals surface area contributed by atoms with Crippen molar-refractivity contribution in [1.82, 2.24) is 10.0 Å². The predicted molar refractivity (Wildman–Crippen MR) is 69.5 cm³/mol. The maximum atomic E-state index is 11.9. The molecule has 18 heavy (non-hydrogen) atoms. The van der Waals surface area contributed by atoms with Gasteiger partial charge in [-0.3, -0.25) is 4.79 Å². The van der Waals surface area contributed by atoms with E-state index in [0.717, 1.165) is 5.56 Å². The molecule has 7 heteroatoms. The molecule has 1 aromatic carbocycles. The Balaban J connectivity index is 2.71. The van der Waals surface area contributed by atoms with Gasteiger partial charge in [-0.05, 0) is 24.6 Å². The highest BCUT2D eigenvalue weighted by molar-refractivity contribution is 7.89. The first-order valence-corrected chi connectivity index (χ1v) is 6.91. The second-order valence-corrected chi connectivity index (χ2v) is 5.66. The maximum Gasteiger partial charge on any atom is 0.242 e. The van der Waals surface area contributed by atoms with Crippen molar-refractivity contribution in [3.8, 4) is 0 Å². The fourth-order valence-corrected chi connectivity index (χ4v) is 2.56. The molecule has 0 aliphatic carbocycles. The smallest absolute Gasteiger partial charge is 0.242 e. The summed E-state index contributed by atoms with van der Waals surface area (Å²) in [4.78, 5) is 10.7. The van der Waals surface area contributed by atoms with Crippen molar-refractivity contribution in [1.29, 1.82) is 0 Å². The van der Waals surface area contributed by atoms with Crippen molar-refractivity contribution < 1.29 is 13.2 Å². The third-order valence-electron chi connectivity index (χ3n) is 2.25. The van der Waals surface area contributed by atoms with Crippen molar-refractivity contribution in [2.24, 2.45) is 0 Å². The Morgan fingerprint density at radius 1 is 1.33 bits per heavy atom. The van der Waals surface area contributed by atoms with E-state index in [1.54, 1.807) is 12.1 Å². The molecule has 6 nitrogen and oxygen atoms in total. The Morgan fingerprint density at radius 3 is 2.56 bits per heavy atom. The van der Waals surface area contributed by atoms with Crippen LogP contribution in [0.15, 0.2) is 23.1 Å². The van der Waals surface area contributed by atoms with Crippen LogP contribution in [0.4, 0.5) is 5.69 Å². The first kappa shape index (κ1) is 14.5. The van der Waals surface area contributed by atoms with Gasteiger partial charge >= 0.3 is 0 Å². The molecule has 0 saturated heterocycles. The molecule has 1 aromatic rings. The Kier molecular flexibility index (Phi) is 4.69. The number of rotatable bonds is 5. The highest BCUT2D eigenvalue weighted by Crippen LogP contribution is 2.18. The highest BCUT2D eigenvalue weighted by atomic mass is 32.2. The van der Waals surface area contributed by atoms with E-state index in [-0.39, 0.29) is 29.6 Å². The largest absolute Gasteiger partial charge is 0.398 e. The van der Waals surface area contributed by atoms with Gasteiger partial charge in [0.05, 0.1) is 5.69 Å². The van der Waals surface area contributed by atoms with Crippen molar-refractivity contribution in [2.45, 2.75) is 18.7 Å². The minimum atomic E-state index is -3.63. The number of anilines is 1. The van der Waals surface area contributed by atoms with Gasteiger partial charge in [-0.2, -0.15) is 0 Å². The number of nitrogen functional groups attached to an aromatic ring is 1. The summed E-state index contributed by atoms with van der Waals surface area (Å²) in [7, 11) is -3.63. The highest BCUT2D eigenvalue weighted by Gasteiger charge is 2.16. The molecule has 0 unspecified atom stereocenters. The predicted octanol–water partition coefficient (Wildman–Crippen LogP) is -0.00838. The molecule has 100 valence electrons. The van der Waals surface area contributed by atoms with Crippen LogP contribution >= 0.6 is 0 Å². The van der Waals surface area contributed by atoms with Gasteiger partial charge in [0, 0.05) is 20.0 Å². The molecule has 0 aromatic heterocycles. The molecule has 0 aliphatic rings. The van der Waals surface area contributed by atoms with Crippen molar-refractivity contribution >= 4 is 21.6 Å². The van der Waals surface area contributed by atoms with E-state index < -0.39 is 10.0 Å². The van der Waals surface area contributed by atoms with E-state index in [1.165, 1.54) is 13.0 Å². The molecule has 0 aliphatic heterocycles. The fourth-order valence-electron chi connectivity index (χ4n) is 1.41. The van der Waals surface area contributed by atoms with E-state index in [1.807, 2.05) is 6.92 Å². The number of aryl methyl sites for hydroxylation is 1. The maximum absolute atomic E-state index is 11.9. The van der Waals surface area contributed by atoms with Crippen LogP contribution in [0, 0.1) is 6.92 Å². The molecule has 1 amide bonds. The number of amides is 1. The third kappa shape index (κ3) is 4.01. The summed E-state index contributed by atoms with van der Waals surface area (Å²) in [6.45, 7) is 3.55. The molecule has 1 rings (SSSR count). The number of nitrogens with two attached hydrogens (primary N) is 1. The molecule has 0 heterocycles. The molecule has 0 bridgehead atoms. The molecular weight excluding hydrogens is 254 g/mol. The van der Waals surface area contributed by atoms with Crippen LogP contribution in [0.5, 0.6) is 0 Å². The van der Waals surface area contributed by atoms with Gasteiger partial charge in [-0.15, -0.1) is 0 Å². The quantitative estimate of drug-likeness (QED) is 0.518. The monoisotopic (exact) mass is 271 g/mol. The number of sulfonamides is 1. The first-order valence-electron chi connectivity index (χ1n) is 5.43. The molecule has 0 spiro atoms. The Morgan fingerprint density at radius 2 is 2.00 bits per heavy atom. The van der Waals surface area contributed by atoms with Gasteiger partial charge in [0.1, 0.15) is 4.90 Å². The Bertz CT molecular complexity index is 540. The summed E-state index contributed by atoms with van der Waals surface area (Å²) in [5.41, 5.74) is 6.77. The number of hydrogen-bond acceptors (Lipinski definition) is 4. The van der Waals surface area contributed by atoms with Gasteiger partial charge in [0.2, 0.25) is 15.9 Å². The summed E-state index contributed by atoms with van der Waals surface area (Å²) in [5.74, 6) is -0.205. The number of benzene rings is 1. The summed E-state index contributed by atoms with van der Waals surface area (Å²) in [6.07, 6.45) is 0. The lowest BCUT2D eigenvalue weighted by Crippen LogP contribution is -2.33. The van der Waals surface area contributed by atoms with E-state index in [4.69, 9.17) is 5.73 Å². The topological polar surface area (TPSA) is 101 Å². The minimum absolute atomic E-state index is 0.0518. The zero-order chi connectivity index (χ0) is 13.8. The molecular formula is C11H17N3O3S. The number of nitrogens with one attached hydrogen (secondary N) is 2. The number of hydrogen-bond donors (Lipinski definition) is 3. The normalized spacial score (nSPS) is 11.2. The molecule has 0 radical (unpaired) electrons. The van der Waals surface area contributed by atoms with Gasteiger partial charge in [-0.1, -0.05) is 6.07 Å². The van der Waals surface area contributed by atoms with Gasteiger partial charge < -0.3 is 11.1 Å². The zero-order valence-corrected chi connectivity index (χ0v) is 11.2. The number of carbonyl (C=O) groups is 1. The second-order valence-electron chi connectivity index (χ2n) is 3.92. The minimum Gasteiger partial charge on any atom is -0.398 e.